The number of hydrogen-bond donors (Lipinski definition) is 2. The van der Waals surface area contributed by atoms with Crippen molar-refractivity contribution in [3.05, 3.63) is 28.8 Å². The summed E-state index contributed by atoms with van der Waals surface area (Å²) >= 11 is 11.2. The summed E-state index contributed by atoms with van der Waals surface area (Å²) in [5, 5.41) is 3.25. The Morgan fingerprint density at radius 3 is 2.85 bits per heavy atom. The molecule has 1 unspecified atom stereocenters. The molecular weight excluding hydrogens is 294 g/mol. The van der Waals surface area contributed by atoms with Gasteiger partial charge in [-0.1, -0.05) is 23.8 Å². The molecule has 0 bridgehead atoms. The molecule has 1 aliphatic heterocycles. The first kappa shape index (κ1) is 15.1. The van der Waals surface area contributed by atoms with Gasteiger partial charge in [0, 0.05) is 24.8 Å². The maximum Gasteiger partial charge on any atom is 0.242 e. The molecule has 1 atom stereocenters. The van der Waals surface area contributed by atoms with E-state index < -0.39 is 0 Å². The summed E-state index contributed by atoms with van der Waals surface area (Å²) in [4.78, 5) is 14.4. The third-order valence-corrected chi connectivity index (χ3v) is 4.13. The van der Waals surface area contributed by atoms with Crippen LogP contribution in [0.5, 0.6) is 0 Å². The van der Waals surface area contributed by atoms with Crippen LogP contribution >= 0.6 is 23.8 Å². The van der Waals surface area contributed by atoms with Crippen LogP contribution in [-0.2, 0) is 4.79 Å². The topological polar surface area (TPSA) is 58.4 Å². The normalized spacial score (nSPS) is 18.7. The molecular formula is C14H18ClN3OS. The highest BCUT2D eigenvalue weighted by molar-refractivity contribution is 7.80. The third-order valence-electron chi connectivity index (χ3n) is 3.60. The summed E-state index contributed by atoms with van der Waals surface area (Å²) in [5.41, 5.74) is 7.21. The van der Waals surface area contributed by atoms with Crippen LogP contribution in [0.25, 0.3) is 0 Å². The van der Waals surface area contributed by atoms with Crippen molar-refractivity contribution in [3.8, 4) is 0 Å². The lowest BCUT2D eigenvalue weighted by atomic mass is 10.00. The fourth-order valence-corrected chi connectivity index (χ4v) is 3.07. The van der Waals surface area contributed by atoms with Crippen LogP contribution in [0.15, 0.2) is 18.2 Å². The second-order valence-electron chi connectivity index (χ2n) is 4.85. The van der Waals surface area contributed by atoms with E-state index in [2.05, 4.69) is 10.2 Å². The van der Waals surface area contributed by atoms with Crippen molar-refractivity contribution in [2.24, 2.45) is 5.73 Å². The van der Waals surface area contributed by atoms with Gasteiger partial charge in [0.05, 0.1) is 5.02 Å². The van der Waals surface area contributed by atoms with E-state index in [1.165, 1.54) is 0 Å². The second-order valence-corrected chi connectivity index (χ2v) is 5.69. The van der Waals surface area contributed by atoms with E-state index in [9.17, 15) is 4.79 Å². The maximum absolute atomic E-state index is 12.0. The van der Waals surface area contributed by atoms with Gasteiger partial charge in [-0.3, -0.25) is 4.79 Å². The molecule has 4 nitrogen and oxygen atoms in total. The average molecular weight is 312 g/mol. The zero-order valence-corrected chi connectivity index (χ0v) is 12.9. The van der Waals surface area contributed by atoms with Gasteiger partial charge in [0.25, 0.3) is 0 Å². The van der Waals surface area contributed by atoms with Crippen molar-refractivity contribution < 1.29 is 4.79 Å². The van der Waals surface area contributed by atoms with Gasteiger partial charge in [-0.2, -0.15) is 0 Å². The summed E-state index contributed by atoms with van der Waals surface area (Å²) in [5.74, 6) is 0.0410. The molecule has 0 aliphatic carbocycles. The molecule has 3 N–H and O–H groups in total. The van der Waals surface area contributed by atoms with E-state index in [-0.39, 0.29) is 16.9 Å². The molecule has 1 fully saturated rings. The first-order valence-corrected chi connectivity index (χ1v) is 7.41. The molecule has 1 aromatic rings. The zero-order valence-electron chi connectivity index (χ0n) is 11.4. The number of piperidine rings is 1. The van der Waals surface area contributed by atoms with Gasteiger partial charge in [-0.05, 0) is 37.5 Å². The Morgan fingerprint density at radius 1 is 1.50 bits per heavy atom. The Labute approximate surface area is 129 Å². The number of rotatable bonds is 3. The van der Waals surface area contributed by atoms with Crippen molar-refractivity contribution in [1.82, 2.24) is 5.32 Å². The SMILES string of the molecule is CNC(=O)C1CCCCN1c1ccc(C(N)=S)c(Cl)c1. The largest absolute Gasteiger partial charge is 0.389 e. The summed E-state index contributed by atoms with van der Waals surface area (Å²) < 4.78 is 0. The Kier molecular flexibility index (Phi) is 4.83. The van der Waals surface area contributed by atoms with Crippen molar-refractivity contribution >= 4 is 40.4 Å². The average Bonchev–Trinajstić information content (AvgIpc) is 2.46. The summed E-state index contributed by atoms with van der Waals surface area (Å²) in [7, 11) is 1.66. The fraction of sp³-hybridized carbons (Fsp3) is 0.429. The molecule has 0 aromatic heterocycles. The Balaban J connectivity index is 2.31. The van der Waals surface area contributed by atoms with E-state index in [0.717, 1.165) is 31.5 Å². The molecule has 2 rings (SSSR count). The van der Waals surface area contributed by atoms with Gasteiger partial charge in [-0.25, -0.2) is 0 Å². The van der Waals surface area contributed by atoms with Crippen LogP contribution in [0.2, 0.25) is 5.02 Å². The Bertz CT molecular complexity index is 535. The van der Waals surface area contributed by atoms with Crippen LogP contribution in [-0.4, -0.2) is 30.5 Å². The fourth-order valence-electron chi connectivity index (χ4n) is 2.56. The number of thiocarbonyl (C=S) groups is 1. The van der Waals surface area contributed by atoms with Crippen LogP contribution in [0.3, 0.4) is 0 Å². The van der Waals surface area contributed by atoms with Crippen molar-refractivity contribution in [1.29, 1.82) is 0 Å². The van der Waals surface area contributed by atoms with Crippen LogP contribution in [0, 0.1) is 0 Å². The number of amides is 1. The first-order chi connectivity index (χ1) is 9.54. The molecule has 0 radical (unpaired) electrons. The van der Waals surface area contributed by atoms with Crippen LogP contribution in [0.4, 0.5) is 5.69 Å². The number of nitrogens with zero attached hydrogens (tertiary/aromatic N) is 1. The molecule has 1 aromatic carbocycles. The molecule has 20 heavy (non-hydrogen) atoms. The number of halogens is 1. The van der Waals surface area contributed by atoms with Crippen LogP contribution < -0.4 is 16.0 Å². The van der Waals surface area contributed by atoms with Gasteiger partial charge >= 0.3 is 0 Å². The summed E-state index contributed by atoms with van der Waals surface area (Å²) in [6.45, 7) is 0.848. The predicted molar refractivity (Wildman–Crippen MR) is 86.4 cm³/mol. The van der Waals surface area contributed by atoms with Gasteiger partial charge in [0.2, 0.25) is 5.91 Å². The molecule has 0 spiro atoms. The van der Waals surface area contributed by atoms with Gasteiger partial charge in [0.15, 0.2) is 0 Å². The molecule has 0 saturated carbocycles. The second kappa shape index (κ2) is 6.41. The van der Waals surface area contributed by atoms with Gasteiger partial charge in [0.1, 0.15) is 11.0 Å². The molecule has 1 heterocycles. The summed E-state index contributed by atoms with van der Waals surface area (Å²) in [6, 6.07) is 5.43. The molecule has 6 heteroatoms. The highest BCUT2D eigenvalue weighted by atomic mass is 35.5. The smallest absolute Gasteiger partial charge is 0.242 e. The minimum atomic E-state index is -0.138. The number of benzene rings is 1. The highest BCUT2D eigenvalue weighted by Gasteiger charge is 2.28. The monoisotopic (exact) mass is 311 g/mol. The number of anilines is 1. The number of carbonyl (C=O) groups is 1. The Hall–Kier alpha value is -1.33. The standard InChI is InChI=1S/C14H18ClN3OS/c1-17-14(19)12-4-2-3-7-18(12)9-5-6-10(13(16)20)11(15)8-9/h5-6,8,12H,2-4,7H2,1H3,(H2,16,20)(H,17,19). The van der Waals surface area contributed by atoms with Crippen LogP contribution in [0.1, 0.15) is 24.8 Å². The number of nitrogens with two attached hydrogens (primary N) is 1. The number of carbonyl (C=O) groups excluding carboxylic acids is 1. The third kappa shape index (κ3) is 3.04. The van der Waals surface area contributed by atoms with Crippen molar-refractivity contribution in [2.75, 3.05) is 18.5 Å². The van der Waals surface area contributed by atoms with Gasteiger partial charge in [-0.15, -0.1) is 0 Å². The lowest BCUT2D eigenvalue weighted by molar-refractivity contribution is -0.122. The minimum Gasteiger partial charge on any atom is -0.389 e. The highest BCUT2D eigenvalue weighted by Crippen LogP contribution is 2.29. The maximum atomic E-state index is 12.0. The Morgan fingerprint density at radius 2 is 2.25 bits per heavy atom. The predicted octanol–water partition coefficient (Wildman–Crippen LogP) is 2.08. The lowest BCUT2D eigenvalue weighted by Crippen LogP contribution is -2.48. The molecule has 1 saturated heterocycles. The number of hydrogen-bond acceptors (Lipinski definition) is 3. The first-order valence-electron chi connectivity index (χ1n) is 6.62. The quantitative estimate of drug-likeness (QED) is 0.839. The van der Waals surface area contributed by atoms with E-state index in [4.69, 9.17) is 29.6 Å². The van der Waals surface area contributed by atoms with E-state index in [1.807, 2.05) is 18.2 Å². The van der Waals surface area contributed by atoms with E-state index >= 15 is 0 Å². The van der Waals surface area contributed by atoms with Gasteiger partial charge < -0.3 is 16.0 Å². The van der Waals surface area contributed by atoms with E-state index in [0.29, 0.717) is 10.6 Å². The minimum absolute atomic E-state index is 0.0410. The van der Waals surface area contributed by atoms with E-state index in [1.54, 1.807) is 7.05 Å². The number of likely N-dealkylation sites (N-methyl/N-ethyl adjacent to an activating group) is 1. The van der Waals surface area contributed by atoms with Crippen molar-refractivity contribution in [3.63, 3.8) is 0 Å². The summed E-state index contributed by atoms with van der Waals surface area (Å²) in [6.07, 6.45) is 2.99. The molecule has 108 valence electrons. The lowest BCUT2D eigenvalue weighted by Gasteiger charge is -2.36. The number of nitrogens with one attached hydrogen (secondary N) is 1. The van der Waals surface area contributed by atoms with Crippen molar-refractivity contribution in [2.45, 2.75) is 25.3 Å². The molecule has 1 aliphatic rings. The zero-order chi connectivity index (χ0) is 14.7. The molecule has 1 amide bonds.